The lowest BCUT2D eigenvalue weighted by Gasteiger charge is -2.08. The first kappa shape index (κ1) is 17.8. The average Bonchev–Trinajstić information content (AvgIpc) is 3.09. The Morgan fingerprint density at radius 1 is 1.19 bits per heavy atom. The van der Waals surface area contributed by atoms with E-state index in [1.165, 1.54) is 11.3 Å². The minimum absolute atomic E-state index is 0.175. The molecule has 2 heterocycles. The van der Waals surface area contributed by atoms with Gasteiger partial charge >= 0.3 is 5.97 Å². The summed E-state index contributed by atoms with van der Waals surface area (Å²) in [6.45, 7) is 1.44. The molecule has 26 heavy (non-hydrogen) atoms. The number of carbonyl (C=O) groups is 2. The number of rotatable bonds is 6. The normalized spacial score (nSPS) is 10.8. The van der Waals surface area contributed by atoms with Gasteiger partial charge in [0.2, 0.25) is 0 Å². The van der Waals surface area contributed by atoms with E-state index in [-0.39, 0.29) is 11.4 Å². The van der Waals surface area contributed by atoms with Crippen LogP contribution in [0.3, 0.4) is 0 Å². The van der Waals surface area contributed by atoms with Gasteiger partial charge < -0.3 is 15.5 Å². The van der Waals surface area contributed by atoms with Crippen molar-refractivity contribution in [1.29, 1.82) is 0 Å². The van der Waals surface area contributed by atoms with E-state index in [1.807, 2.05) is 37.3 Å². The van der Waals surface area contributed by atoms with Crippen molar-refractivity contribution < 1.29 is 19.8 Å². The molecule has 134 valence electrons. The first-order valence-electron chi connectivity index (χ1n) is 8.09. The second-order valence-corrected chi connectivity index (χ2v) is 6.64. The molecule has 3 rings (SSSR count). The van der Waals surface area contributed by atoms with Gasteiger partial charge in [-0.3, -0.25) is 9.59 Å². The highest BCUT2D eigenvalue weighted by molar-refractivity contribution is 7.22. The maximum atomic E-state index is 12.2. The minimum Gasteiger partial charge on any atom is -0.504 e. The smallest absolute Gasteiger partial charge is 0.322 e. The Bertz CT molecular complexity index is 969. The highest BCUT2D eigenvalue weighted by atomic mass is 32.1. The molecular weight excluding hydrogens is 354 g/mol. The largest absolute Gasteiger partial charge is 0.504 e. The van der Waals surface area contributed by atoms with E-state index in [9.17, 15) is 14.7 Å². The second kappa shape index (κ2) is 7.49. The van der Waals surface area contributed by atoms with Gasteiger partial charge in [-0.2, -0.15) is 0 Å². The molecule has 0 atom stereocenters. The molecule has 0 fully saturated rings. The highest BCUT2D eigenvalue weighted by Crippen LogP contribution is 2.38. The Morgan fingerprint density at radius 2 is 1.92 bits per heavy atom. The number of carboxylic acids is 1. The molecule has 0 unspecified atom stereocenters. The van der Waals surface area contributed by atoms with E-state index in [0.717, 1.165) is 17.0 Å². The summed E-state index contributed by atoms with van der Waals surface area (Å²) in [5.74, 6) is -2.17. The summed E-state index contributed by atoms with van der Waals surface area (Å²) < 4.78 is 0.475. The molecule has 0 aliphatic rings. The van der Waals surface area contributed by atoms with Crippen LogP contribution in [0.25, 0.3) is 20.8 Å². The van der Waals surface area contributed by atoms with Gasteiger partial charge in [0.05, 0.1) is 5.69 Å². The third-order valence-corrected chi connectivity index (χ3v) is 4.82. The molecule has 3 aromatic rings. The quantitative estimate of drug-likeness (QED) is 0.614. The monoisotopic (exact) mass is 371 g/mol. The van der Waals surface area contributed by atoms with E-state index < -0.39 is 18.4 Å². The molecule has 0 spiro atoms. The van der Waals surface area contributed by atoms with Crippen LogP contribution < -0.4 is 5.32 Å². The number of fused-ring (bicyclic) bond motifs is 1. The molecular formula is C18H17N3O4S. The first-order chi connectivity index (χ1) is 12.5. The number of hydrogen-bond acceptors (Lipinski definition) is 6. The molecule has 1 amide bonds. The summed E-state index contributed by atoms with van der Waals surface area (Å²) in [7, 11) is 0. The SMILES string of the molecule is CCCc1nc(C(=O)NCC(=O)O)c(O)c2sc(-c3ccccc3)nc12. The van der Waals surface area contributed by atoms with Gasteiger partial charge in [0, 0.05) is 5.56 Å². The number of carboxylic acid groups (broad SMARTS) is 1. The van der Waals surface area contributed by atoms with Crippen LogP contribution in [0.1, 0.15) is 29.5 Å². The molecule has 1 aromatic carbocycles. The van der Waals surface area contributed by atoms with E-state index in [2.05, 4.69) is 15.3 Å². The van der Waals surface area contributed by atoms with E-state index in [1.54, 1.807) is 0 Å². The van der Waals surface area contributed by atoms with Gasteiger partial charge in [-0.05, 0) is 6.42 Å². The lowest BCUT2D eigenvalue weighted by atomic mass is 10.1. The van der Waals surface area contributed by atoms with Crippen LogP contribution in [0.15, 0.2) is 30.3 Å². The zero-order valence-corrected chi connectivity index (χ0v) is 14.8. The van der Waals surface area contributed by atoms with Crippen LogP contribution in [-0.2, 0) is 11.2 Å². The van der Waals surface area contributed by atoms with Crippen molar-refractivity contribution >= 4 is 33.4 Å². The Balaban J connectivity index is 2.12. The molecule has 0 saturated heterocycles. The Kier molecular flexibility index (Phi) is 5.13. The molecule has 2 aromatic heterocycles. The van der Waals surface area contributed by atoms with Crippen molar-refractivity contribution in [3.05, 3.63) is 41.7 Å². The van der Waals surface area contributed by atoms with Crippen molar-refractivity contribution in [3.8, 4) is 16.3 Å². The number of nitrogens with zero attached hydrogens (tertiary/aromatic N) is 2. The van der Waals surface area contributed by atoms with Crippen molar-refractivity contribution in [2.75, 3.05) is 6.54 Å². The summed E-state index contributed by atoms with van der Waals surface area (Å²) >= 11 is 1.28. The topological polar surface area (TPSA) is 112 Å². The average molecular weight is 371 g/mol. The van der Waals surface area contributed by atoms with Crippen LogP contribution in [0.2, 0.25) is 0 Å². The molecule has 8 heteroatoms. The van der Waals surface area contributed by atoms with Gasteiger partial charge in [0.1, 0.15) is 21.8 Å². The van der Waals surface area contributed by atoms with Crippen LogP contribution in [0, 0.1) is 0 Å². The van der Waals surface area contributed by atoms with Crippen LogP contribution in [0.5, 0.6) is 5.75 Å². The van der Waals surface area contributed by atoms with E-state index in [0.29, 0.717) is 22.3 Å². The van der Waals surface area contributed by atoms with Crippen molar-refractivity contribution in [2.24, 2.45) is 0 Å². The fourth-order valence-electron chi connectivity index (χ4n) is 2.54. The van der Waals surface area contributed by atoms with Gasteiger partial charge in [-0.15, -0.1) is 11.3 Å². The maximum absolute atomic E-state index is 12.2. The zero-order valence-electron chi connectivity index (χ0n) is 14.0. The number of aryl methyl sites for hydroxylation is 1. The summed E-state index contributed by atoms with van der Waals surface area (Å²) in [6.07, 6.45) is 1.38. The summed E-state index contributed by atoms with van der Waals surface area (Å²) in [5, 5.41) is 22.2. The number of thiazole rings is 1. The van der Waals surface area contributed by atoms with Gasteiger partial charge in [-0.25, -0.2) is 9.97 Å². The molecule has 0 aliphatic carbocycles. The van der Waals surface area contributed by atoms with Crippen molar-refractivity contribution in [1.82, 2.24) is 15.3 Å². The lowest BCUT2D eigenvalue weighted by Crippen LogP contribution is -2.30. The van der Waals surface area contributed by atoms with Crippen LogP contribution in [0.4, 0.5) is 0 Å². The molecule has 0 saturated carbocycles. The Morgan fingerprint density at radius 3 is 2.58 bits per heavy atom. The molecule has 7 nitrogen and oxygen atoms in total. The number of aliphatic carboxylic acids is 1. The number of aromatic nitrogens is 2. The van der Waals surface area contributed by atoms with Gasteiger partial charge in [0.25, 0.3) is 5.91 Å². The van der Waals surface area contributed by atoms with E-state index >= 15 is 0 Å². The standard InChI is InChI=1S/C18H17N3O4S/c1-2-6-11-13-16(26-18(21-13)10-7-4-3-5-8-10)15(24)14(20-11)17(25)19-9-12(22)23/h3-5,7-8,24H,2,6,9H2,1H3,(H,19,25)(H,22,23). The van der Waals surface area contributed by atoms with E-state index in [4.69, 9.17) is 5.11 Å². The lowest BCUT2D eigenvalue weighted by molar-refractivity contribution is -0.135. The fourth-order valence-corrected chi connectivity index (χ4v) is 3.58. The van der Waals surface area contributed by atoms with Gasteiger partial charge in [-0.1, -0.05) is 43.7 Å². The highest BCUT2D eigenvalue weighted by Gasteiger charge is 2.22. The predicted octanol–water partition coefficient (Wildman–Crippen LogP) is 2.83. The Hall–Kier alpha value is -3.00. The minimum atomic E-state index is -1.17. The number of hydrogen-bond donors (Lipinski definition) is 3. The Labute approximate surface area is 153 Å². The summed E-state index contributed by atoms with van der Waals surface area (Å²) in [6, 6.07) is 9.54. The van der Waals surface area contributed by atoms with Gasteiger partial charge in [0.15, 0.2) is 11.4 Å². The molecule has 3 N–H and O–H groups in total. The third kappa shape index (κ3) is 3.50. The van der Waals surface area contributed by atoms with Crippen LogP contribution >= 0.6 is 11.3 Å². The third-order valence-electron chi connectivity index (χ3n) is 3.71. The molecule has 0 radical (unpaired) electrons. The fraction of sp³-hybridized carbons (Fsp3) is 0.222. The number of benzene rings is 1. The number of aromatic hydroxyl groups is 1. The summed E-state index contributed by atoms with van der Waals surface area (Å²) in [5.41, 5.74) is 1.92. The number of pyridine rings is 1. The predicted molar refractivity (Wildman–Crippen MR) is 98.5 cm³/mol. The number of amides is 1. The van der Waals surface area contributed by atoms with Crippen molar-refractivity contribution in [3.63, 3.8) is 0 Å². The number of nitrogens with one attached hydrogen (secondary N) is 1. The second-order valence-electron chi connectivity index (χ2n) is 5.64. The van der Waals surface area contributed by atoms with Crippen molar-refractivity contribution in [2.45, 2.75) is 19.8 Å². The maximum Gasteiger partial charge on any atom is 0.322 e. The molecule has 0 aliphatic heterocycles. The van der Waals surface area contributed by atoms with Crippen LogP contribution in [-0.4, -0.2) is 38.6 Å². The first-order valence-corrected chi connectivity index (χ1v) is 8.90. The molecule has 0 bridgehead atoms. The zero-order chi connectivity index (χ0) is 18.7. The summed E-state index contributed by atoms with van der Waals surface area (Å²) in [4.78, 5) is 31.8. The number of carbonyl (C=O) groups excluding carboxylic acids is 1.